The third-order valence-electron chi connectivity index (χ3n) is 3.61. The number of esters is 1. The molecule has 0 N–H and O–H groups in total. The highest BCUT2D eigenvalue weighted by molar-refractivity contribution is 6.32. The standard InChI is InChI=1S/C19H14ClFO4/c1-10(2)19(23)24-11-6-7-12-16(8-11)25-17(18(12)22)9-13-14(20)4-3-5-15(13)21/h3-10H,1-2H3/b17-9-. The van der Waals surface area contributed by atoms with E-state index in [1.54, 1.807) is 13.8 Å². The zero-order chi connectivity index (χ0) is 18.1. The van der Waals surface area contributed by atoms with Gasteiger partial charge in [-0.1, -0.05) is 31.5 Å². The van der Waals surface area contributed by atoms with E-state index in [-0.39, 0.29) is 33.8 Å². The molecule has 2 aromatic rings. The zero-order valence-corrected chi connectivity index (χ0v) is 14.3. The highest BCUT2D eigenvalue weighted by Gasteiger charge is 2.28. The largest absolute Gasteiger partial charge is 0.452 e. The molecule has 4 nitrogen and oxygen atoms in total. The molecule has 0 bridgehead atoms. The predicted molar refractivity (Wildman–Crippen MR) is 91.3 cm³/mol. The van der Waals surface area contributed by atoms with Crippen LogP contribution in [0.15, 0.2) is 42.2 Å². The maximum absolute atomic E-state index is 13.9. The van der Waals surface area contributed by atoms with E-state index in [1.165, 1.54) is 42.5 Å². The normalized spacial score (nSPS) is 14.6. The monoisotopic (exact) mass is 360 g/mol. The van der Waals surface area contributed by atoms with Crippen LogP contribution in [0.5, 0.6) is 11.5 Å². The number of hydrogen-bond acceptors (Lipinski definition) is 4. The zero-order valence-electron chi connectivity index (χ0n) is 13.5. The average Bonchev–Trinajstić information content (AvgIpc) is 2.86. The first-order valence-corrected chi connectivity index (χ1v) is 7.98. The van der Waals surface area contributed by atoms with Crippen LogP contribution in [0.1, 0.15) is 29.8 Å². The summed E-state index contributed by atoms with van der Waals surface area (Å²) >= 11 is 5.97. The Kier molecular flexibility index (Phi) is 4.59. The second kappa shape index (κ2) is 6.69. The maximum atomic E-state index is 13.9. The van der Waals surface area contributed by atoms with Crippen molar-refractivity contribution in [2.75, 3.05) is 0 Å². The van der Waals surface area contributed by atoms with E-state index in [1.807, 2.05) is 0 Å². The van der Waals surface area contributed by atoms with Gasteiger partial charge in [-0.05, 0) is 30.3 Å². The maximum Gasteiger partial charge on any atom is 0.313 e. The molecule has 0 unspecified atom stereocenters. The number of carbonyl (C=O) groups excluding carboxylic acids is 2. The minimum Gasteiger partial charge on any atom is -0.452 e. The van der Waals surface area contributed by atoms with Gasteiger partial charge in [-0.2, -0.15) is 0 Å². The smallest absolute Gasteiger partial charge is 0.313 e. The van der Waals surface area contributed by atoms with Crippen molar-refractivity contribution in [3.63, 3.8) is 0 Å². The number of halogens is 2. The number of ketones is 1. The number of fused-ring (bicyclic) bond motifs is 1. The number of hydrogen-bond donors (Lipinski definition) is 0. The molecule has 128 valence electrons. The van der Waals surface area contributed by atoms with Gasteiger partial charge in [0, 0.05) is 11.6 Å². The first-order valence-electron chi connectivity index (χ1n) is 7.61. The summed E-state index contributed by atoms with van der Waals surface area (Å²) in [6, 6.07) is 8.71. The lowest BCUT2D eigenvalue weighted by molar-refractivity contribution is -0.137. The molecule has 1 aliphatic rings. The fourth-order valence-electron chi connectivity index (χ4n) is 2.24. The van der Waals surface area contributed by atoms with Crippen LogP contribution >= 0.6 is 11.6 Å². The Morgan fingerprint density at radius 2 is 2.04 bits per heavy atom. The third kappa shape index (κ3) is 3.42. The molecule has 2 aromatic carbocycles. The molecule has 0 spiro atoms. The Balaban J connectivity index is 1.91. The van der Waals surface area contributed by atoms with Gasteiger partial charge in [0.1, 0.15) is 17.3 Å². The van der Waals surface area contributed by atoms with Crippen LogP contribution in [-0.2, 0) is 4.79 Å². The fraction of sp³-hybridized carbons (Fsp3) is 0.158. The van der Waals surface area contributed by atoms with Gasteiger partial charge in [-0.15, -0.1) is 0 Å². The molecule has 6 heteroatoms. The van der Waals surface area contributed by atoms with Gasteiger partial charge < -0.3 is 9.47 Å². The summed E-state index contributed by atoms with van der Waals surface area (Å²) in [7, 11) is 0. The van der Waals surface area contributed by atoms with E-state index in [4.69, 9.17) is 21.1 Å². The van der Waals surface area contributed by atoms with Gasteiger partial charge in [0.05, 0.1) is 16.5 Å². The van der Waals surface area contributed by atoms with Crippen molar-refractivity contribution in [2.24, 2.45) is 5.92 Å². The Morgan fingerprint density at radius 3 is 2.72 bits per heavy atom. The van der Waals surface area contributed by atoms with Gasteiger partial charge in [0.2, 0.25) is 5.78 Å². The van der Waals surface area contributed by atoms with E-state index >= 15 is 0 Å². The van der Waals surface area contributed by atoms with Crippen molar-refractivity contribution in [1.82, 2.24) is 0 Å². The summed E-state index contributed by atoms with van der Waals surface area (Å²) in [5.74, 6) is -1.15. The van der Waals surface area contributed by atoms with Crippen molar-refractivity contribution < 1.29 is 23.5 Å². The molecule has 0 radical (unpaired) electrons. The molecule has 0 fully saturated rings. The van der Waals surface area contributed by atoms with Crippen LogP contribution in [0.25, 0.3) is 6.08 Å². The minimum atomic E-state index is -0.557. The summed E-state index contributed by atoms with van der Waals surface area (Å²) in [6.45, 7) is 3.43. The van der Waals surface area contributed by atoms with Crippen LogP contribution in [0.2, 0.25) is 5.02 Å². The first-order chi connectivity index (χ1) is 11.9. The van der Waals surface area contributed by atoms with Crippen molar-refractivity contribution in [1.29, 1.82) is 0 Å². The fourth-order valence-corrected chi connectivity index (χ4v) is 2.46. The van der Waals surface area contributed by atoms with E-state index in [0.29, 0.717) is 5.56 Å². The highest BCUT2D eigenvalue weighted by atomic mass is 35.5. The molecular weight excluding hydrogens is 347 g/mol. The SMILES string of the molecule is CC(C)C(=O)Oc1ccc2c(c1)O/C(=C\c1c(F)cccc1Cl)C2=O. The number of carbonyl (C=O) groups is 2. The van der Waals surface area contributed by atoms with E-state index in [0.717, 1.165) is 0 Å². The lowest BCUT2D eigenvalue weighted by Gasteiger charge is -2.07. The molecular formula is C19H14ClFO4. The van der Waals surface area contributed by atoms with Crippen molar-refractivity contribution >= 4 is 29.4 Å². The molecule has 25 heavy (non-hydrogen) atoms. The molecule has 1 heterocycles. The van der Waals surface area contributed by atoms with Crippen LogP contribution < -0.4 is 9.47 Å². The van der Waals surface area contributed by atoms with Crippen LogP contribution in [0.3, 0.4) is 0 Å². The van der Waals surface area contributed by atoms with Gasteiger partial charge in [-0.25, -0.2) is 4.39 Å². The quantitative estimate of drug-likeness (QED) is 0.454. The van der Waals surface area contributed by atoms with Gasteiger partial charge in [0.25, 0.3) is 0 Å². The molecule has 3 rings (SSSR count). The van der Waals surface area contributed by atoms with Gasteiger partial charge >= 0.3 is 5.97 Å². The summed E-state index contributed by atoms with van der Waals surface area (Å²) < 4.78 is 24.6. The first kappa shape index (κ1) is 17.2. The average molecular weight is 361 g/mol. The molecule has 1 aliphatic heterocycles. The van der Waals surface area contributed by atoms with Gasteiger partial charge in [-0.3, -0.25) is 9.59 Å². The Labute approximate surface area is 148 Å². The Hall–Kier alpha value is -2.66. The second-order valence-corrected chi connectivity index (χ2v) is 6.22. The summed E-state index contributed by atoms with van der Waals surface area (Å²) in [4.78, 5) is 24.1. The van der Waals surface area contributed by atoms with Gasteiger partial charge in [0.15, 0.2) is 5.76 Å². The van der Waals surface area contributed by atoms with Crippen LogP contribution in [-0.4, -0.2) is 11.8 Å². The lowest BCUT2D eigenvalue weighted by atomic mass is 10.1. The summed E-state index contributed by atoms with van der Waals surface area (Å²) in [5, 5.41) is 0.173. The molecule has 0 aliphatic carbocycles. The number of rotatable bonds is 3. The topological polar surface area (TPSA) is 52.6 Å². The highest BCUT2D eigenvalue weighted by Crippen LogP contribution is 2.36. The number of Topliss-reactive ketones (excluding diaryl/α,β-unsaturated/α-hetero) is 1. The number of benzene rings is 2. The molecule has 0 saturated heterocycles. The number of allylic oxidation sites excluding steroid dienone is 1. The van der Waals surface area contributed by atoms with Crippen molar-refractivity contribution in [3.8, 4) is 11.5 Å². The van der Waals surface area contributed by atoms with Crippen molar-refractivity contribution in [2.45, 2.75) is 13.8 Å². The second-order valence-electron chi connectivity index (χ2n) is 5.81. The minimum absolute atomic E-state index is 0.0469. The Morgan fingerprint density at radius 1 is 1.28 bits per heavy atom. The summed E-state index contributed by atoms with van der Waals surface area (Å²) in [6.07, 6.45) is 1.26. The number of ether oxygens (including phenoxy) is 2. The van der Waals surface area contributed by atoms with Crippen molar-refractivity contribution in [3.05, 3.63) is 64.1 Å². The van der Waals surface area contributed by atoms with Crippen LogP contribution in [0, 0.1) is 11.7 Å². The molecule has 0 saturated carbocycles. The van der Waals surface area contributed by atoms with E-state index in [2.05, 4.69) is 0 Å². The predicted octanol–water partition coefficient (Wildman–Crippen LogP) is 4.66. The lowest BCUT2D eigenvalue weighted by Crippen LogP contribution is -2.14. The van der Waals surface area contributed by atoms with Crippen LogP contribution in [0.4, 0.5) is 4.39 Å². The van der Waals surface area contributed by atoms with E-state index in [9.17, 15) is 14.0 Å². The Bertz CT molecular complexity index is 882. The molecule has 0 atom stereocenters. The third-order valence-corrected chi connectivity index (χ3v) is 3.94. The molecule has 0 aromatic heterocycles. The molecule has 0 amide bonds. The summed E-state index contributed by atoms with van der Waals surface area (Å²) in [5.41, 5.74) is 0.384. The van der Waals surface area contributed by atoms with E-state index < -0.39 is 17.6 Å².